The minimum absolute atomic E-state index is 0.407. The SMILES string of the molecule is C=CCN(CC=C)C(=O)ONC=S. The zero-order valence-corrected chi connectivity index (χ0v) is 8.05. The number of amides is 1. The third-order valence-corrected chi connectivity index (χ3v) is 1.25. The van der Waals surface area contributed by atoms with E-state index >= 15 is 0 Å². The second kappa shape index (κ2) is 7.30. The van der Waals surface area contributed by atoms with E-state index in [4.69, 9.17) is 0 Å². The third kappa shape index (κ3) is 4.97. The van der Waals surface area contributed by atoms with E-state index in [0.29, 0.717) is 13.1 Å². The van der Waals surface area contributed by atoms with E-state index in [2.05, 4.69) is 35.7 Å². The average Bonchev–Trinajstić information content (AvgIpc) is 2.14. The van der Waals surface area contributed by atoms with Crippen LogP contribution < -0.4 is 5.48 Å². The zero-order chi connectivity index (χ0) is 10.1. The van der Waals surface area contributed by atoms with Crippen LogP contribution in [0.1, 0.15) is 0 Å². The van der Waals surface area contributed by atoms with Gasteiger partial charge in [-0.25, -0.2) is 10.3 Å². The van der Waals surface area contributed by atoms with Crippen LogP contribution in [0.2, 0.25) is 0 Å². The van der Waals surface area contributed by atoms with E-state index in [0.717, 1.165) is 5.49 Å². The maximum absolute atomic E-state index is 11.2. The monoisotopic (exact) mass is 200 g/mol. The predicted molar refractivity (Wildman–Crippen MR) is 55.2 cm³/mol. The minimum Gasteiger partial charge on any atom is -0.324 e. The summed E-state index contributed by atoms with van der Waals surface area (Å²) in [5.74, 6) is 0. The summed E-state index contributed by atoms with van der Waals surface area (Å²) in [4.78, 5) is 17.1. The van der Waals surface area contributed by atoms with E-state index in [-0.39, 0.29) is 0 Å². The Labute approximate surface area is 82.8 Å². The van der Waals surface area contributed by atoms with E-state index in [1.54, 1.807) is 12.2 Å². The molecule has 0 atom stereocenters. The fraction of sp³-hybridized carbons (Fsp3) is 0.250. The smallest absolute Gasteiger partial charge is 0.324 e. The molecule has 0 unspecified atom stereocenters. The second-order valence-corrected chi connectivity index (χ2v) is 2.32. The van der Waals surface area contributed by atoms with Gasteiger partial charge in [0, 0.05) is 13.1 Å². The lowest BCUT2D eigenvalue weighted by molar-refractivity contribution is 0.0889. The highest BCUT2D eigenvalue weighted by atomic mass is 32.1. The van der Waals surface area contributed by atoms with Crippen LogP contribution in [-0.4, -0.2) is 29.6 Å². The van der Waals surface area contributed by atoms with Crippen LogP contribution in [-0.2, 0) is 4.84 Å². The summed E-state index contributed by atoms with van der Waals surface area (Å²) >= 11 is 4.41. The van der Waals surface area contributed by atoms with Crippen molar-refractivity contribution in [3.05, 3.63) is 25.3 Å². The Morgan fingerprint density at radius 3 is 2.38 bits per heavy atom. The van der Waals surface area contributed by atoms with E-state index < -0.39 is 6.09 Å². The molecule has 0 rings (SSSR count). The van der Waals surface area contributed by atoms with Gasteiger partial charge in [0.1, 0.15) is 0 Å². The van der Waals surface area contributed by atoms with Gasteiger partial charge >= 0.3 is 6.09 Å². The molecule has 13 heavy (non-hydrogen) atoms. The van der Waals surface area contributed by atoms with Crippen molar-refractivity contribution in [3.63, 3.8) is 0 Å². The Morgan fingerprint density at radius 2 is 2.00 bits per heavy atom. The van der Waals surface area contributed by atoms with Gasteiger partial charge < -0.3 is 4.84 Å². The van der Waals surface area contributed by atoms with Gasteiger partial charge in [-0.05, 0) is 0 Å². The van der Waals surface area contributed by atoms with Crippen LogP contribution >= 0.6 is 12.2 Å². The van der Waals surface area contributed by atoms with Gasteiger partial charge in [-0.1, -0.05) is 24.4 Å². The van der Waals surface area contributed by atoms with Crippen molar-refractivity contribution in [2.75, 3.05) is 13.1 Å². The largest absolute Gasteiger partial charge is 0.434 e. The molecular weight excluding hydrogens is 188 g/mol. The molecule has 0 heterocycles. The number of hydrogen-bond donors (Lipinski definition) is 1. The van der Waals surface area contributed by atoms with Crippen molar-refractivity contribution in [2.45, 2.75) is 0 Å². The Kier molecular flexibility index (Phi) is 6.53. The molecule has 0 bridgehead atoms. The topological polar surface area (TPSA) is 41.6 Å². The molecule has 0 spiro atoms. The summed E-state index contributed by atoms with van der Waals surface area (Å²) in [5, 5.41) is 0. The first-order valence-electron chi connectivity index (χ1n) is 3.63. The van der Waals surface area contributed by atoms with Crippen LogP contribution in [0.5, 0.6) is 0 Å². The Morgan fingerprint density at radius 1 is 1.46 bits per heavy atom. The van der Waals surface area contributed by atoms with Crippen molar-refractivity contribution < 1.29 is 9.63 Å². The molecular formula is C8H12N2O2S. The predicted octanol–water partition coefficient (Wildman–Crippen LogP) is 1.26. The fourth-order valence-corrected chi connectivity index (χ4v) is 0.722. The van der Waals surface area contributed by atoms with Gasteiger partial charge in [0.15, 0.2) is 0 Å². The normalized spacial score (nSPS) is 8.31. The first-order valence-corrected chi connectivity index (χ1v) is 4.10. The highest BCUT2D eigenvalue weighted by molar-refractivity contribution is 7.78. The number of thiocarbonyl (C=S) groups is 1. The van der Waals surface area contributed by atoms with Crippen molar-refractivity contribution >= 4 is 23.8 Å². The Bertz CT molecular complexity index is 196. The van der Waals surface area contributed by atoms with Gasteiger partial charge in [-0.15, -0.1) is 13.2 Å². The molecule has 0 aromatic heterocycles. The van der Waals surface area contributed by atoms with Crippen LogP contribution in [0, 0.1) is 0 Å². The molecule has 0 aliphatic rings. The maximum Gasteiger partial charge on any atom is 0.434 e. The summed E-state index contributed by atoms with van der Waals surface area (Å²) < 4.78 is 0. The second-order valence-electron chi connectivity index (χ2n) is 2.09. The van der Waals surface area contributed by atoms with Crippen LogP contribution in [0.15, 0.2) is 25.3 Å². The van der Waals surface area contributed by atoms with Gasteiger partial charge in [-0.3, -0.25) is 4.90 Å². The van der Waals surface area contributed by atoms with Gasteiger partial charge in [0.05, 0.1) is 5.49 Å². The first-order chi connectivity index (χ1) is 6.26. The van der Waals surface area contributed by atoms with E-state index in [1.165, 1.54) is 4.90 Å². The Hall–Kier alpha value is -1.36. The van der Waals surface area contributed by atoms with Gasteiger partial charge in [0.2, 0.25) is 0 Å². The van der Waals surface area contributed by atoms with Crippen LogP contribution in [0.3, 0.4) is 0 Å². The lowest BCUT2D eigenvalue weighted by Gasteiger charge is -2.17. The molecule has 0 aromatic carbocycles. The zero-order valence-electron chi connectivity index (χ0n) is 7.23. The molecule has 0 fully saturated rings. The molecule has 1 amide bonds. The van der Waals surface area contributed by atoms with E-state index in [1.807, 2.05) is 0 Å². The third-order valence-electron chi connectivity index (χ3n) is 1.15. The number of rotatable bonds is 6. The first kappa shape index (κ1) is 11.6. The summed E-state index contributed by atoms with van der Waals surface area (Å²) in [5.41, 5.74) is 3.28. The van der Waals surface area contributed by atoms with Crippen molar-refractivity contribution in [1.29, 1.82) is 0 Å². The van der Waals surface area contributed by atoms with Gasteiger partial charge in [-0.2, -0.15) is 0 Å². The number of hydrogen-bond acceptors (Lipinski definition) is 3. The summed E-state index contributed by atoms with van der Waals surface area (Å²) in [6.07, 6.45) is 2.69. The fourth-order valence-electron chi connectivity index (χ4n) is 0.674. The standard InChI is InChI=1S/C8H12N2O2S/c1-3-5-10(6-4-2)8(11)12-9-7-13/h3-4,7H,1-2,5-6H2,(H,9,13). The lowest BCUT2D eigenvalue weighted by atomic mass is 10.5. The Balaban J connectivity index is 4.00. The van der Waals surface area contributed by atoms with Crippen molar-refractivity contribution in [3.8, 4) is 0 Å². The van der Waals surface area contributed by atoms with E-state index in [9.17, 15) is 4.79 Å². The van der Waals surface area contributed by atoms with Crippen molar-refractivity contribution in [2.24, 2.45) is 0 Å². The maximum atomic E-state index is 11.2. The summed E-state index contributed by atoms with van der Waals surface area (Å²) in [6.45, 7) is 7.84. The molecule has 0 aromatic rings. The highest BCUT2D eigenvalue weighted by Gasteiger charge is 2.10. The molecule has 72 valence electrons. The molecule has 1 N–H and O–H groups in total. The molecule has 0 aliphatic heterocycles. The number of carbonyl (C=O) groups is 1. The highest BCUT2D eigenvalue weighted by Crippen LogP contribution is 1.92. The molecule has 5 heteroatoms. The minimum atomic E-state index is -0.513. The van der Waals surface area contributed by atoms with Crippen LogP contribution in [0.25, 0.3) is 0 Å². The quantitative estimate of drug-likeness (QED) is 0.398. The molecule has 0 saturated carbocycles. The number of nitrogens with zero attached hydrogens (tertiary/aromatic N) is 1. The van der Waals surface area contributed by atoms with Crippen LogP contribution in [0.4, 0.5) is 4.79 Å². The van der Waals surface area contributed by atoms with Gasteiger partial charge in [0.25, 0.3) is 0 Å². The lowest BCUT2D eigenvalue weighted by Crippen LogP contribution is -2.35. The molecule has 0 aliphatic carbocycles. The molecule has 0 saturated heterocycles. The number of hydroxylamine groups is 1. The molecule has 4 nitrogen and oxygen atoms in total. The molecule has 0 radical (unpaired) electrons. The van der Waals surface area contributed by atoms with Crippen molar-refractivity contribution in [1.82, 2.24) is 10.4 Å². The summed E-state index contributed by atoms with van der Waals surface area (Å²) in [6, 6.07) is 0. The number of nitrogens with one attached hydrogen (secondary N) is 1. The summed E-state index contributed by atoms with van der Waals surface area (Å²) in [7, 11) is 0. The average molecular weight is 200 g/mol. The number of carbonyl (C=O) groups excluding carboxylic acids is 1.